The van der Waals surface area contributed by atoms with E-state index in [4.69, 9.17) is 9.15 Å². The molecule has 0 radical (unpaired) electrons. The summed E-state index contributed by atoms with van der Waals surface area (Å²) in [5, 5.41) is 3.11. The molecule has 32 heavy (non-hydrogen) atoms. The monoisotopic (exact) mass is 433 g/mol. The van der Waals surface area contributed by atoms with E-state index in [1.807, 2.05) is 18.2 Å². The number of likely N-dealkylation sites (N-methyl/N-ethyl adjacent to an activating group) is 1. The Morgan fingerprint density at radius 2 is 1.91 bits per heavy atom. The zero-order valence-electron chi connectivity index (χ0n) is 18.8. The Bertz CT molecular complexity index is 1140. The molecule has 5 rings (SSSR count). The highest BCUT2D eigenvalue weighted by Gasteiger charge is 2.31. The minimum atomic E-state index is -0.259. The summed E-state index contributed by atoms with van der Waals surface area (Å²) < 4.78 is 11.9. The lowest BCUT2D eigenvalue weighted by Crippen LogP contribution is -2.36. The summed E-state index contributed by atoms with van der Waals surface area (Å²) in [6.07, 6.45) is 9.42. The molecule has 0 bridgehead atoms. The van der Waals surface area contributed by atoms with Crippen LogP contribution in [0.4, 0.5) is 0 Å². The fourth-order valence-corrected chi connectivity index (χ4v) is 5.43. The molecule has 5 nitrogen and oxygen atoms in total. The second-order valence-electron chi connectivity index (χ2n) is 9.41. The second-order valence-corrected chi connectivity index (χ2v) is 9.41. The Morgan fingerprint density at radius 3 is 2.72 bits per heavy atom. The highest BCUT2D eigenvalue weighted by Crippen LogP contribution is 2.39. The first-order chi connectivity index (χ1) is 15.6. The third-order valence-electron chi connectivity index (χ3n) is 7.31. The van der Waals surface area contributed by atoms with Crippen LogP contribution < -0.4 is 4.74 Å². The van der Waals surface area contributed by atoms with E-state index >= 15 is 0 Å². The number of ether oxygens (including phenoxy) is 1. The molecule has 5 heteroatoms. The van der Waals surface area contributed by atoms with Crippen LogP contribution in [-0.4, -0.2) is 42.7 Å². The first-order valence-corrected chi connectivity index (χ1v) is 11.9. The first-order valence-electron chi connectivity index (χ1n) is 11.9. The van der Waals surface area contributed by atoms with E-state index in [9.17, 15) is 9.59 Å². The van der Waals surface area contributed by atoms with Crippen LogP contribution in [0.15, 0.2) is 41.0 Å². The second kappa shape index (κ2) is 9.07. The van der Waals surface area contributed by atoms with Crippen molar-refractivity contribution in [2.45, 2.75) is 63.3 Å². The summed E-state index contributed by atoms with van der Waals surface area (Å²) in [5.41, 5.74) is 1.69. The van der Waals surface area contributed by atoms with Gasteiger partial charge in [-0.2, -0.15) is 0 Å². The molecule has 2 aliphatic rings. The van der Waals surface area contributed by atoms with Crippen LogP contribution in [0.1, 0.15) is 62.8 Å². The minimum absolute atomic E-state index is 0.00277. The van der Waals surface area contributed by atoms with Crippen LogP contribution in [0.25, 0.3) is 21.7 Å². The van der Waals surface area contributed by atoms with Gasteiger partial charge in [-0.05, 0) is 61.3 Å². The van der Waals surface area contributed by atoms with Crippen molar-refractivity contribution in [3.63, 3.8) is 0 Å². The average Bonchev–Trinajstić information content (AvgIpc) is 3.24. The van der Waals surface area contributed by atoms with Gasteiger partial charge in [0.2, 0.25) is 0 Å². The van der Waals surface area contributed by atoms with E-state index in [2.05, 4.69) is 24.1 Å². The molecule has 0 aliphatic heterocycles. The van der Waals surface area contributed by atoms with Crippen LogP contribution in [0, 0.1) is 0 Å². The Balaban J connectivity index is 1.34. The number of hydrogen-bond donors (Lipinski definition) is 0. The van der Waals surface area contributed by atoms with Gasteiger partial charge in [0.15, 0.2) is 0 Å². The van der Waals surface area contributed by atoms with Crippen LogP contribution in [-0.2, 0) is 9.59 Å². The third kappa shape index (κ3) is 4.18. The SMILES string of the molecule is CN(CCOc1ccc2c(ccc3occ([C@H]4CCC(=O)CC4=O)c32)c1)C1CCCCC1. The van der Waals surface area contributed by atoms with Gasteiger partial charge < -0.3 is 14.1 Å². The minimum Gasteiger partial charge on any atom is -0.492 e. The van der Waals surface area contributed by atoms with E-state index in [1.165, 1.54) is 32.1 Å². The number of furan rings is 1. The van der Waals surface area contributed by atoms with Crippen LogP contribution >= 0.6 is 0 Å². The van der Waals surface area contributed by atoms with Crippen LogP contribution in [0.2, 0.25) is 0 Å². The number of benzene rings is 2. The van der Waals surface area contributed by atoms with Crippen molar-refractivity contribution in [1.29, 1.82) is 0 Å². The lowest BCUT2D eigenvalue weighted by atomic mass is 9.81. The Morgan fingerprint density at radius 1 is 1.06 bits per heavy atom. The molecule has 2 saturated carbocycles. The van der Waals surface area contributed by atoms with Gasteiger partial charge in [0.25, 0.3) is 0 Å². The summed E-state index contributed by atoms with van der Waals surface area (Å²) in [7, 11) is 2.21. The number of carbonyl (C=O) groups excluding carboxylic acids is 2. The highest BCUT2D eigenvalue weighted by molar-refractivity contribution is 6.11. The number of rotatable bonds is 6. The smallest absolute Gasteiger partial charge is 0.147 e. The number of Topliss-reactive ketones (excluding diaryl/α,β-unsaturated/α-hetero) is 2. The van der Waals surface area contributed by atoms with Gasteiger partial charge in [0.05, 0.1) is 12.7 Å². The van der Waals surface area contributed by atoms with Gasteiger partial charge in [-0.15, -0.1) is 0 Å². The molecule has 1 aromatic heterocycles. The molecule has 0 amide bonds. The molecule has 0 spiro atoms. The molecule has 2 fully saturated rings. The van der Waals surface area contributed by atoms with Gasteiger partial charge in [0.1, 0.15) is 29.5 Å². The van der Waals surface area contributed by atoms with E-state index < -0.39 is 0 Å². The highest BCUT2D eigenvalue weighted by atomic mass is 16.5. The van der Waals surface area contributed by atoms with Crippen molar-refractivity contribution in [1.82, 2.24) is 4.90 Å². The molecule has 2 aromatic carbocycles. The maximum atomic E-state index is 12.5. The number of ketones is 2. The lowest BCUT2D eigenvalue weighted by Gasteiger charge is -2.31. The maximum absolute atomic E-state index is 12.5. The topological polar surface area (TPSA) is 59.8 Å². The fourth-order valence-electron chi connectivity index (χ4n) is 5.43. The summed E-state index contributed by atoms with van der Waals surface area (Å²) in [6, 6.07) is 10.8. The van der Waals surface area contributed by atoms with E-state index in [-0.39, 0.29) is 23.9 Å². The maximum Gasteiger partial charge on any atom is 0.147 e. The normalized spacial score (nSPS) is 20.5. The van der Waals surface area contributed by atoms with Gasteiger partial charge in [0, 0.05) is 35.9 Å². The number of fused-ring (bicyclic) bond motifs is 3. The molecule has 1 heterocycles. The molecular formula is C27H31NO4. The molecular weight excluding hydrogens is 402 g/mol. The fraction of sp³-hybridized carbons (Fsp3) is 0.481. The number of nitrogens with zero attached hydrogens (tertiary/aromatic N) is 1. The van der Waals surface area contributed by atoms with Crippen molar-refractivity contribution in [2.24, 2.45) is 0 Å². The molecule has 0 N–H and O–H groups in total. The Hall–Kier alpha value is -2.66. The van der Waals surface area contributed by atoms with Crippen LogP contribution in [0.3, 0.4) is 0 Å². The third-order valence-corrected chi connectivity index (χ3v) is 7.31. The van der Waals surface area contributed by atoms with Crippen molar-refractivity contribution in [3.05, 3.63) is 42.2 Å². The average molecular weight is 434 g/mol. The van der Waals surface area contributed by atoms with Crippen molar-refractivity contribution in [3.8, 4) is 5.75 Å². The summed E-state index contributed by atoms with van der Waals surface area (Å²) in [5.74, 6) is 0.645. The molecule has 168 valence electrons. The Labute approximate surface area is 188 Å². The van der Waals surface area contributed by atoms with Crippen molar-refractivity contribution >= 4 is 33.3 Å². The summed E-state index contributed by atoms with van der Waals surface area (Å²) in [4.78, 5) is 26.6. The zero-order valence-corrected chi connectivity index (χ0v) is 18.8. The van der Waals surface area contributed by atoms with Crippen LogP contribution in [0.5, 0.6) is 5.75 Å². The summed E-state index contributed by atoms with van der Waals surface area (Å²) in [6.45, 7) is 1.60. The van der Waals surface area contributed by atoms with Gasteiger partial charge in [-0.1, -0.05) is 25.3 Å². The zero-order chi connectivity index (χ0) is 22.1. The first kappa shape index (κ1) is 21.2. The lowest BCUT2D eigenvalue weighted by molar-refractivity contribution is -0.130. The molecule has 0 unspecified atom stereocenters. The quantitative estimate of drug-likeness (QED) is 0.471. The number of hydrogen-bond acceptors (Lipinski definition) is 5. The standard InChI is InChI=1S/C27H31NO4/c1-28(19-5-3-2-4-6-19)13-14-31-21-9-11-22-18(15-21)7-12-26-27(22)24(17-32-26)23-10-8-20(29)16-25(23)30/h7,9,11-12,15,17,19,23H,2-6,8,10,13-14,16H2,1H3/t23-/m1/s1. The number of carbonyl (C=O) groups is 2. The molecule has 1 atom stereocenters. The van der Waals surface area contributed by atoms with Gasteiger partial charge >= 0.3 is 0 Å². The largest absolute Gasteiger partial charge is 0.492 e. The van der Waals surface area contributed by atoms with E-state index in [1.54, 1.807) is 6.26 Å². The molecule has 0 saturated heterocycles. The van der Waals surface area contributed by atoms with Crippen molar-refractivity contribution in [2.75, 3.05) is 20.2 Å². The Kier molecular flexibility index (Phi) is 6.01. The van der Waals surface area contributed by atoms with E-state index in [0.717, 1.165) is 39.6 Å². The van der Waals surface area contributed by atoms with E-state index in [0.29, 0.717) is 25.5 Å². The predicted molar refractivity (Wildman–Crippen MR) is 125 cm³/mol. The molecule has 3 aromatic rings. The van der Waals surface area contributed by atoms with Gasteiger partial charge in [-0.3, -0.25) is 9.59 Å². The summed E-state index contributed by atoms with van der Waals surface area (Å²) >= 11 is 0. The van der Waals surface area contributed by atoms with Gasteiger partial charge in [-0.25, -0.2) is 0 Å². The molecule has 2 aliphatic carbocycles. The van der Waals surface area contributed by atoms with Crippen molar-refractivity contribution < 1.29 is 18.7 Å². The predicted octanol–water partition coefficient (Wildman–Crippen LogP) is 5.64.